The average molecular weight is 974 g/mol. The van der Waals surface area contributed by atoms with Gasteiger partial charge in [0, 0.05) is 55.1 Å². The number of nitrogens with zero attached hydrogens (tertiary/aromatic N) is 3. The molecule has 0 spiro atoms. The maximum absolute atomic E-state index is 14.2. The summed E-state index contributed by atoms with van der Waals surface area (Å²) in [4.78, 5) is 69.2. The van der Waals surface area contributed by atoms with Crippen LogP contribution in [0.25, 0.3) is 0 Å². The molecule has 67 heavy (non-hydrogen) atoms. The van der Waals surface area contributed by atoms with Gasteiger partial charge in [-0.05, 0) is 46.5 Å². The molecule has 17 nitrogen and oxygen atoms in total. The van der Waals surface area contributed by atoms with Crippen molar-refractivity contribution < 1.29 is 42.1 Å². The Morgan fingerprint density at radius 2 is 1.36 bits per heavy atom. The minimum absolute atomic E-state index is 0.0347. The molecule has 0 radical (unpaired) electrons. The number of thioether (sulfide) groups is 1. The molecule has 0 saturated carbocycles. The smallest absolute Gasteiger partial charge is 0.351 e. The third-order valence-electron chi connectivity index (χ3n) is 12.3. The molecule has 2 aliphatic heterocycles. The number of amides is 1. The van der Waals surface area contributed by atoms with Crippen molar-refractivity contribution in [2.45, 2.75) is 82.4 Å². The fourth-order valence-corrected chi connectivity index (χ4v) is 16.3. The average Bonchev–Trinajstić information content (AvgIpc) is 3.77. The molecule has 356 valence electrons. The van der Waals surface area contributed by atoms with Gasteiger partial charge in [-0.3, -0.25) is 28.5 Å². The second-order valence-electron chi connectivity index (χ2n) is 17.8. The van der Waals surface area contributed by atoms with E-state index in [0.717, 1.165) is 37.3 Å². The van der Waals surface area contributed by atoms with Gasteiger partial charge in [0.05, 0.1) is 23.7 Å². The highest BCUT2D eigenvalue weighted by Crippen LogP contribution is 2.41. The van der Waals surface area contributed by atoms with E-state index in [1.165, 1.54) is 25.4 Å². The summed E-state index contributed by atoms with van der Waals surface area (Å²) in [6.07, 6.45) is -4.90. The number of hydrogen-bond acceptors (Lipinski definition) is 14. The van der Waals surface area contributed by atoms with Crippen molar-refractivity contribution in [1.82, 2.24) is 19.1 Å². The van der Waals surface area contributed by atoms with Crippen LogP contribution in [0.3, 0.4) is 0 Å². The molecule has 2 aromatic heterocycles. The lowest BCUT2D eigenvalue weighted by atomic mass is 9.98. The Bertz CT molecular complexity index is 2770. The Hall–Kier alpha value is -5.32. The normalized spacial score (nSPS) is 23.3. The van der Waals surface area contributed by atoms with Gasteiger partial charge in [-0.25, -0.2) is 18.0 Å². The van der Waals surface area contributed by atoms with Crippen LogP contribution in [0.5, 0.6) is 0 Å². The van der Waals surface area contributed by atoms with Crippen molar-refractivity contribution in [3.8, 4) is 0 Å². The second-order valence-corrected chi connectivity index (χ2v) is 25.5. The number of H-pyrrole nitrogens is 1. The molecule has 2 aliphatic rings. The number of carbonyl (C=O) groups is 2. The SMILES string of the molecule is CC(=O)SC[C@H]1[C@@H](O)[C@H](n2ccc(NC(=O)c3ccccc3)nc2=O)O[C@@H]1CCS(=O)(=O)C[C@H]1[C@@H](O)[C@H](n2ccc(=O)[nH]c2=O)O[C@@H]1CCO[Si](c1ccccc1)(c1ccccc1)C(C)(C)C. The lowest BCUT2D eigenvalue weighted by Gasteiger charge is -2.43. The number of benzene rings is 3. The molecular weight excluding hydrogens is 919 g/mol. The van der Waals surface area contributed by atoms with E-state index in [2.05, 4.69) is 36.1 Å². The number of hydrogen-bond donors (Lipinski definition) is 4. The molecule has 4 heterocycles. The Morgan fingerprint density at radius 3 is 1.93 bits per heavy atom. The molecule has 0 aliphatic carbocycles. The summed E-state index contributed by atoms with van der Waals surface area (Å²) < 4.78 is 50.2. The minimum atomic E-state index is -4.08. The number of rotatable bonds is 17. The first-order chi connectivity index (χ1) is 31.9. The predicted octanol–water partition coefficient (Wildman–Crippen LogP) is 2.85. The van der Waals surface area contributed by atoms with Gasteiger partial charge in [-0.1, -0.05) is 111 Å². The van der Waals surface area contributed by atoms with Gasteiger partial charge in [-0.15, -0.1) is 0 Å². The molecule has 0 unspecified atom stereocenters. The molecule has 7 rings (SSSR count). The Morgan fingerprint density at radius 1 is 0.806 bits per heavy atom. The Labute approximate surface area is 392 Å². The van der Waals surface area contributed by atoms with Crippen LogP contribution in [0.15, 0.2) is 130 Å². The number of ether oxygens (including phenoxy) is 2. The number of nitrogens with one attached hydrogen (secondary N) is 2. The number of aromatic amines is 1. The predicted molar refractivity (Wildman–Crippen MR) is 256 cm³/mol. The van der Waals surface area contributed by atoms with Crippen LogP contribution in [0.4, 0.5) is 5.82 Å². The van der Waals surface area contributed by atoms with Crippen LogP contribution in [0.2, 0.25) is 5.04 Å². The summed E-state index contributed by atoms with van der Waals surface area (Å²) in [7, 11) is -7.12. The van der Waals surface area contributed by atoms with Crippen LogP contribution in [0, 0.1) is 11.8 Å². The molecule has 4 N–H and O–H groups in total. The molecule has 1 amide bonds. The Kier molecular flexibility index (Phi) is 15.5. The fraction of sp³-hybridized carbons (Fsp3) is 0.404. The molecule has 20 heteroatoms. The number of sulfone groups is 1. The van der Waals surface area contributed by atoms with Crippen molar-refractivity contribution in [3.63, 3.8) is 0 Å². The molecule has 3 aromatic carbocycles. The van der Waals surface area contributed by atoms with Gasteiger partial charge in [0.2, 0.25) is 0 Å². The quantitative estimate of drug-likeness (QED) is 0.0982. The van der Waals surface area contributed by atoms with Crippen LogP contribution in [-0.4, -0.2) is 105 Å². The van der Waals surface area contributed by atoms with E-state index in [1.54, 1.807) is 30.3 Å². The van der Waals surface area contributed by atoms with E-state index in [1.807, 2.05) is 60.7 Å². The van der Waals surface area contributed by atoms with Crippen LogP contribution >= 0.6 is 11.8 Å². The first-order valence-electron chi connectivity index (χ1n) is 21.9. The fourth-order valence-electron chi connectivity index (χ4n) is 9.08. The third kappa shape index (κ3) is 11.2. The molecule has 2 fully saturated rings. The number of aliphatic hydroxyl groups is 2. The standard InChI is InChI=1S/C47H55N5O12S2Si/c1-30(53)65-28-34-37(64-43(40(34)55)51-24-20-38(49-45(51)58)48-42(57)31-14-8-5-9-15-31)23-27-66(60,61)29-35-36(63-44(41(35)56)52-25-21-39(54)50-46(52)59)22-26-62-67(47(2,3)4,32-16-10-6-11-17-32)33-18-12-7-13-19-33/h5-21,24-25,34-37,40-41,43-44,55-56H,22-23,26-29H2,1-4H3,(H,50,54,59)(H,48,49,57,58)/t34-,35-,36-,37-,40-,41-,43-,44-/m1/s1. The number of aliphatic hydroxyl groups excluding tert-OH is 2. The topological polar surface area (TPSA) is 238 Å². The summed E-state index contributed by atoms with van der Waals surface area (Å²) in [5.74, 6) is -3.37. The molecule has 8 atom stereocenters. The van der Waals surface area contributed by atoms with Crippen LogP contribution in [-0.2, 0) is 28.5 Å². The van der Waals surface area contributed by atoms with E-state index in [9.17, 15) is 42.6 Å². The van der Waals surface area contributed by atoms with Gasteiger partial charge >= 0.3 is 11.4 Å². The maximum Gasteiger partial charge on any atom is 0.351 e. The van der Waals surface area contributed by atoms with Gasteiger partial charge in [-0.2, -0.15) is 4.98 Å². The molecular formula is C47H55N5O12S2Si. The van der Waals surface area contributed by atoms with E-state index < -0.39 is 101 Å². The summed E-state index contributed by atoms with van der Waals surface area (Å²) in [6, 6.07) is 30.7. The minimum Gasteiger partial charge on any atom is -0.407 e. The van der Waals surface area contributed by atoms with Crippen molar-refractivity contribution >= 4 is 57.1 Å². The lowest BCUT2D eigenvalue weighted by molar-refractivity contribution is -0.109. The number of aromatic nitrogens is 4. The van der Waals surface area contributed by atoms with E-state index in [4.69, 9.17) is 13.9 Å². The summed E-state index contributed by atoms with van der Waals surface area (Å²) in [5, 5.41) is 27.4. The third-order valence-corrected chi connectivity index (χ3v) is 20.1. The molecule has 5 aromatic rings. The number of anilines is 1. The van der Waals surface area contributed by atoms with Gasteiger partial charge in [0.15, 0.2) is 27.4 Å². The van der Waals surface area contributed by atoms with Crippen molar-refractivity contribution in [2.75, 3.05) is 29.2 Å². The van der Waals surface area contributed by atoms with Gasteiger partial charge in [0.25, 0.3) is 19.8 Å². The number of carbonyl (C=O) groups excluding carboxylic acids is 2. The van der Waals surface area contributed by atoms with Crippen molar-refractivity contribution in [3.05, 3.63) is 152 Å². The van der Waals surface area contributed by atoms with E-state index in [-0.39, 0.29) is 41.2 Å². The molecule has 0 bridgehead atoms. The molecule has 2 saturated heterocycles. The van der Waals surface area contributed by atoms with Crippen molar-refractivity contribution in [2.24, 2.45) is 11.8 Å². The maximum atomic E-state index is 14.2. The lowest BCUT2D eigenvalue weighted by Crippen LogP contribution is -2.66. The summed E-state index contributed by atoms with van der Waals surface area (Å²) >= 11 is 0.925. The van der Waals surface area contributed by atoms with Crippen molar-refractivity contribution in [1.29, 1.82) is 0 Å². The summed E-state index contributed by atoms with van der Waals surface area (Å²) in [6.45, 7) is 7.85. The summed E-state index contributed by atoms with van der Waals surface area (Å²) in [5.41, 5.74) is -2.00. The van der Waals surface area contributed by atoms with Gasteiger partial charge in [0.1, 0.15) is 18.0 Å². The highest BCUT2D eigenvalue weighted by Gasteiger charge is 2.52. The first kappa shape index (κ1) is 49.6. The largest absolute Gasteiger partial charge is 0.407 e. The van der Waals surface area contributed by atoms with Crippen LogP contribution < -0.4 is 32.6 Å². The van der Waals surface area contributed by atoms with Crippen LogP contribution in [0.1, 0.15) is 63.4 Å². The first-order valence-corrected chi connectivity index (χ1v) is 26.6. The van der Waals surface area contributed by atoms with E-state index >= 15 is 0 Å². The zero-order valence-electron chi connectivity index (χ0n) is 37.5. The highest BCUT2D eigenvalue weighted by molar-refractivity contribution is 8.13. The van der Waals surface area contributed by atoms with E-state index in [0.29, 0.717) is 5.56 Å². The Balaban J connectivity index is 1.10. The zero-order chi connectivity index (χ0) is 48.1. The van der Waals surface area contributed by atoms with Gasteiger partial charge < -0.3 is 29.4 Å². The monoisotopic (exact) mass is 973 g/mol. The zero-order valence-corrected chi connectivity index (χ0v) is 40.1. The second kappa shape index (κ2) is 20.9. The highest BCUT2D eigenvalue weighted by atomic mass is 32.2.